The van der Waals surface area contributed by atoms with E-state index in [1.165, 1.54) is 47.1 Å². The lowest BCUT2D eigenvalue weighted by molar-refractivity contribution is 0.911. The molecule has 0 aromatic heterocycles. The van der Waals surface area contributed by atoms with Crippen LogP contribution in [0.3, 0.4) is 0 Å². The van der Waals surface area contributed by atoms with Gasteiger partial charge in [-0.05, 0) is 53.5 Å². The summed E-state index contributed by atoms with van der Waals surface area (Å²) in [6.45, 7) is 4.25. The van der Waals surface area contributed by atoms with Crippen LogP contribution in [-0.4, -0.2) is 0 Å². The Balaban J connectivity index is 1.81. The maximum absolute atomic E-state index is 4.25. The van der Waals surface area contributed by atoms with Crippen LogP contribution in [0.2, 0.25) is 0 Å². The van der Waals surface area contributed by atoms with Crippen LogP contribution in [0.1, 0.15) is 28.7 Å². The Bertz CT molecular complexity index is 564. The van der Waals surface area contributed by atoms with Gasteiger partial charge in [-0.15, -0.1) is 0 Å². The highest BCUT2D eigenvalue weighted by molar-refractivity contribution is 5.66. The Morgan fingerprint density at radius 2 is 1.72 bits per heavy atom. The average Bonchev–Trinajstić information content (AvgIpc) is 2.87. The number of rotatable bonds is 3. The van der Waals surface area contributed by atoms with Gasteiger partial charge < -0.3 is 0 Å². The van der Waals surface area contributed by atoms with Crippen LogP contribution in [0.5, 0.6) is 0 Å². The molecular formula is C18H18. The van der Waals surface area contributed by atoms with Crippen molar-refractivity contribution < 1.29 is 0 Å². The van der Waals surface area contributed by atoms with Crippen LogP contribution in [0, 0.1) is 0 Å². The quantitative estimate of drug-likeness (QED) is 0.737. The van der Waals surface area contributed by atoms with Crippen LogP contribution in [0.15, 0.2) is 55.1 Å². The van der Waals surface area contributed by atoms with Gasteiger partial charge in [-0.3, -0.25) is 0 Å². The lowest BCUT2D eigenvalue weighted by atomic mass is 9.97. The lowest BCUT2D eigenvalue weighted by Gasteiger charge is -2.08. The first-order chi connectivity index (χ1) is 8.83. The van der Waals surface area contributed by atoms with E-state index in [2.05, 4.69) is 55.1 Å². The summed E-state index contributed by atoms with van der Waals surface area (Å²) in [6.07, 6.45) is 4.74. The van der Waals surface area contributed by atoms with Gasteiger partial charge in [0.2, 0.25) is 0 Å². The van der Waals surface area contributed by atoms with Crippen molar-refractivity contribution in [3.63, 3.8) is 0 Å². The van der Waals surface area contributed by atoms with Crippen LogP contribution in [0.4, 0.5) is 0 Å². The van der Waals surface area contributed by atoms with Gasteiger partial charge in [0.1, 0.15) is 0 Å². The van der Waals surface area contributed by atoms with Gasteiger partial charge in [-0.1, -0.05) is 55.1 Å². The van der Waals surface area contributed by atoms with Crippen molar-refractivity contribution in [2.45, 2.75) is 25.7 Å². The highest BCUT2D eigenvalue weighted by Gasteiger charge is 2.11. The van der Waals surface area contributed by atoms with E-state index in [9.17, 15) is 0 Å². The van der Waals surface area contributed by atoms with E-state index in [0.717, 1.165) is 6.42 Å². The monoisotopic (exact) mass is 234 g/mol. The molecule has 0 saturated carbocycles. The molecule has 0 atom stereocenters. The summed E-state index contributed by atoms with van der Waals surface area (Å²) in [5, 5.41) is 0. The highest BCUT2D eigenvalue weighted by atomic mass is 14.2. The van der Waals surface area contributed by atoms with Gasteiger partial charge in [-0.2, -0.15) is 0 Å². The summed E-state index contributed by atoms with van der Waals surface area (Å²) in [4.78, 5) is 0. The summed E-state index contributed by atoms with van der Waals surface area (Å²) < 4.78 is 0. The largest absolute Gasteiger partial charge is 0.0949 e. The summed E-state index contributed by atoms with van der Waals surface area (Å²) in [5.74, 6) is 0. The van der Waals surface area contributed by atoms with Crippen LogP contribution in [-0.2, 0) is 19.3 Å². The maximum Gasteiger partial charge on any atom is -0.00257 e. The number of benzene rings is 2. The third-order valence-corrected chi connectivity index (χ3v) is 3.77. The van der Waals surface area contributed by atoms with E-state index >= 15 is 0 Å². The van der Waals surface area contributed by atoms with Crippen LogP contribution < -0.4 is 0 Å². The molecular weight excluding hydrogens is 216 g/mol. The molecule has 90 valence electrons. The minimum Gasteiger partial charge on any atom is -0.0949 e. The molecule has 2 aromatic carbocycles. The van der Waals surface area contributed by atoms with Gasteiger partial charge in [0, 0.05) is 0 Å². The molecule has 1 aliphatic carbocycles. The zero-order valence-electron chi connectivity index (χ0n) is 10.7. The molecule has 0 heterocycles. The zero-order valence-corrected chi connectivity index (χ0v) is 10.7. The van der Waals surface area contributed by atoms with Crippen LogP contribution in [0.25, 0.3) is 5.57 Å². The van der Waals surface area contributed by atoms with Gasteiger partial charge in [0.05, 0.1) is 0 Å². The second-order valence-corrected chi connectivity index (χ2v) is 5.10. The molecule has 18 heavy (non-hydrogen) atoms. The van der Waals surface area contributed by atoms with Crippen molar-refractivity contribution in [1.82, 2.24) is 0 Å². The first-order valence-corrected chi connectivity index (χ1v) is 6.67. The molecule has 0 spiro atoms. The fourth-order valence-corrected chi connectivity index (χ4v) is 2.74. The second kappa shape index (κ2) is 4.81. The molecule has 0 N–H and O–H groups in total. The topological polar surface area (TPSA) is 0 Å². The van der Waals surface area contributed by atoms with Crippen molar-refractivity contribution >= 4 is 5.57 Å². The Labute approximate surface area is 109 Å². The normalized spacial score (nSPS) is 13.3. The molecule has 3 rings (SSSR count). The molecule has 0 nitrogen and oxygen atoms in total. The van der Waals surface area contributed by atoms with E-state index in [4.69, 9.17) is 0 Å². The standard InChI is InChI=1S/C18H18/c1-14(12-15-6-3-2-4-7-15)17-11-10-16-8-5-9-18(16)13-17/h2-4,6-7,10-11,13H,1,5,8-9,12H2. The first kappa shape index (κ1) is 11.3. The third-order valence-electron chi connectivity index (χ3n) is 3.77. The Hall–Kier alpha value is -1.82. The minimum atomic E-state index is 0.944. The second-order valence-electron chi connectivity index (χ2n) is 5.10. The summed E-state index contributed by atoms with van der Waals surface area (Å²) >= 11 is 0. The first-order valence-electron chi connectivity index (χ1n) is 6.67. The Kier molecular flexibility index (Phi) is 3.02. The summed E-state index contributed by atoms with van der Waals surface area (Å²) in [6, 6.07) is 17.4. The average molecular weight is 234 g/mol. The fraction of sp³-hybridized carbons (Fsp3) is 0.222. The summed E-state index contributed by atoms with van der Waals surface area (Å²) in [7, 11) is 0. The minimum absolute atomic E-state index is 0.944. The van der Waals surface area contributed by atoms with Crippen molar-refractivity contribution in [1.29, 1.82) is 0 Å². The van der Waals surface area contributed by atoms with E-state index in [1.54, 1.807) is 0 Å². The van der Waals surface area contributed by atoms with E-state index < -0.39 is 0 Å². The van der Waals surface area contributed by atoms with Gasteiger partial charge in [-0.25, -0.2) is 0 Å². The number of hydrogen-bond donors (Lipinski definition) is 0. The molecule has 0 unspecified atom stereocenters. The highest BCUT2D eigenvalue weighted by Crippen LogP contribution is 2.26. The predicted molar refractivity (Wildman–Crippen MR) is 77.6 cm³/mol. The molecule has 0 saturated heterocycles. The van der Waals surface area contributed by atoms with E-state index in [1.807, 2.05) is 0 Å². The molecule has 0 amide bonds. The molecule has 1 aliphatic rings. The van der Waals surface area contributed by atoms with Crippen molar-refractivity contribution in [2.75, 3.05) is 0 Å². The fourth-order valence-electron chi connectivity index (χ4n) is 2.74. The Morgan fingerprint density at radius 1 is 0.944 bits per heavy atom. The molecule has 0 aliphatic heterocycles. The molecule has 2 aromatic rings. The van der Waals surface area contributed by atoms with Gasteiger partial charge in [0.15, 0.2) is 0 Å². The predicted octanol–water partition coefficient (Wildman–Crippen LogP) is 4.43. The summed E-state index contributed by atoms with van der Waals surface area (Å²) in [5.41, 5.74) is 6.92. The lowest BCUT2D eigenvalue weighted by Crippen LogP contribution is -1.91. The maximum atomic E-state index is 4.25. The van der Waals surface area contributed by atoms with E-state index in [0.29, 0.717) is 0 Å². The van der Waals surface area contributed by atoms with E-state index in [-0.39, 0.29) is 0 Å². The Morgan fingerprint density at radius 3 is 2.56 bits per heavy atom. The number of fused-ring (bicyclic) bond motifs is 1. The van der Waals surface area contributed by atoms with Gasteiger partial charge >= 0.3 is 0 Å². The molecule has 0 heteroatoms. The van der Waals surface area contributed by atoms with Gasteiger partial charge in [0.25, 0.3) is 0 Å². The van der Waals surface area contributed by atoms with Crippen molar-refractivity contribution in [3.05, 3.63) is 77.4 Å². The smallest absolute Gasteiger partial charge is 0.00257 e. The third kappa shape index (κ3) is 2.24. The SMILES string of the molecule is C=C(Cc1ccccc1)c1ccc2c(c1)CCC2. The van der Waals surface area contributed by atoms with Crippen molar-refractivity contribution in [2.24, 2.45) is 0 Å². The molecule has 0 bridgehead atoms. The van der Waals surface area contributed by atoms with Crippen molar-refractivity contribution in [3.8, 4) is 0 Å². The number of allylic oxidation sites excluding steroid dienone is 1. The van der Waals surface area contributed by atoms with Crippen LogP contribution >= 0.6 is 0 Å². The molecule has 0 radical (unpaired) electrons. The number of aryl methyl sites for hydroxylation is 2. The number of hydrogen-bond acceptors (Lipinski definition) is 0. The molecule has 0 fully saturated rings. The zero-order chi connectivity index (χ0) is 12.4.